The van der Waals surface area contributed by atoms with Gasteiger partial charge in [0.15, 0.2) is 0 Å². The number of aromatic nitrogens is 2. The zero-order valence-corrected chi connectivity index (χ0v) is 12.0. The van der Waals surface area contributed by atoms with Gasteiger partial charge in [0.2, 0.25) is 0 Å². The van der Waals surface area contributed by atoms with Crippen molar-refractivity contribution in [1.29, 1.82) is 0 Å². The highest BCUT2D eigenvalue weighted by Gasteiger charge is 2.01. The molecule has 5 nitrogen and oxygen atoms in total. The van der Waals surface area contributed by atoms with E-state index in [1.165, 1.54) is 0 Å². The molecular formula is C12H21ClN4O. The van der Waals surface area contributed by atoms with Crippen molar-refractivity contribution in [2.24, 2.45) is 0 Å². The van der Waals surface area contributed by atoms with E-state index in [0.29, 0.717) is 18.3 Å². The molecule has 0 atom stereocenters. The third-order valence-corrected chi connectivity index (χ3v) is 2.49. The lowest BCUT2D eigenvalue weighted by Gasteiger charge is -2.10. The molecule has 0 aliphatic carbocycles. The highest BCUT2D eigenvalue weighted by Crippen LogP contribution is 2.11. The van der Waals surface area contributed by atoms with Gasteiger partial charge in [-0.2, -0.15) is 0 Å². The van der Waals surface area contributed by atoms with Gasteiger partial charge in [0.05, 0.1) is 13.2 Å². The predicted molar refractivity (Wildman–Crippen MR) is 74.3 cm³/mol. The molecule has 1 rings (SSSR count). The third kappa shape index (κ3) is 6.14. The molecule has 102 valence electrons. The molecule has 0 spiro atoms. The quantitative estimate of drug-likeness (QED) is 0.576. The van der Waals surface area contributed by atoms with Crippen molar-refractivity contribution in [3.63, 3.8) is 0 Å². The van der Waals surface area contributed by atoms with Crippen LogP contribution in [0.1, 0.15) is 12.7 Å². The Kier molecular flexibility index (Phi) is 6.93. The van der Waals surface area contributed by atoms with Gasteiger partial charge in [-0.05, 0) is 14.1 Å². The lowest BCUT2D eigenvalue weighted by Crippen LogP contribution is -2.20. The van der Waals surface area contributed by atoms with Crippen molar-refractivity contribution in [3.8, 4) is 0 Å². The van der Waals surface area contributed by atoms with Crippen LogP contribution in [0.3, 0.4) is 0 Å². The van der Waals surface area contributed by atoms with Crippen LogP contribution in [0.2, 0.25) is 5.15 Å². The SMILES string of the molecule is CCc1nc(Cl)cc(NCCOCCN(C)C)n1. The van der Waals surface area contributed by atoms with Crippen molar-refractivity contribution < 1.29 is 4.74 Å². The molecule has 6 heteroatoms. The highest BCUT2D eigenvalue weighted by atomic mass is 35.5. The lowest BCUT2D eigenvalue weighted by atomic mass is 10.4. The summed E-state index contributed by atoms with van der Waals surface area (Å²) >= 11 is 5.90. The fourth-order valence-electron chi connectivity index (χ4n) is 1.31. The second kappa shape index (κ2) is 8.24. The number of rotatable bonds is 8. The smallest absolute Gasteiger partial charge is 0.134 e. The minimum atomic E-state index is 0.470. The Morgan fingerprint density at radius 1 is 1.33 bits per heavy atom. The van der Waals surface area contributed by atoms with Crippen LogP contribution in [-0.4, -0.2) is 55.3 Å². The fraction of sp³-hybridized carbons (Fsp3) is 0.667. The second-order valence-electron chi connectivity index (χ2n) is 4.19. The summed E-state index contributed by atoms with van der Waals surface area (Å²) in [5.41, 5.74) is 0. The van der Waals surface area contributed by atoms with E-state index in [0.717, 1.165) is 31.2 Å². The summed E-state index contributed by atoms with van der Waals surface area (Å²) in [6.45, 7) is 5.03. The summed E-state index contributed by atoms with van der Waals surface area (Å²) in [7, 11) is 4.05. The zero-order valence-electron chi connectivity index (χ0n) is 11.2. The molecule has 0 bridgehead atoms. The summed E-state index contributed by atoms with van der Waals surface area (Å²) < 4.78 is 5.47. The van der Waals surface area contributed by atoms with Gasteiger partial charge in [-0.25, -0.2) is 9.97 Å². The number of hydrogen-bond acceptors (Lipinski definition) is 5. The maximum atomic E-state index is 5.90. The Balaban J connectivity index is 2.24. The number of ether oxygens (including phenoxy) is 1. The van der Waals surface area contributed by atoms with Crippen LogP contribution in [0.5, 0.6) is 0 Å². The average molecular weight is 273 g/mol. The first-order valence-corrected chi connectivity index (χ1v) is 6.49. The van der Waals surface area contributed by atoms with E-state index in [1.807, 2.05) is 21.0 Å². The van der Waals surface area contributed by atoms with Crippen molar-refractivity contribution in [1.82, 2.24) is 14.9 Å². The normalized spacial score (nSPS) is 10.9. The summed E-state index contributed by atoms with van der Waals surface area (Å²) in [6.07, 6.45) is 0.772. The monoisotopic (exact) mass is 272 g/mol. The average Bonchev–Trinajstić information content (AvgIpc) is 2.32. The number of aryl methyl sites for hydroxylation is 1. The predicted octanol–water partition coefficient (Wildman–Crippen LogP) is 1.68. The van der Waals surface area contributed by atoms with Crippen LogP contribution in [0.15, 0.2) is 6.07 Å². The molecule has 0 saturated heterocycles. The van der Waals surface area contributed by atoms with E-state index in [2.05, 4.69) is 20.2 Å². The van der Waals surface area contributed by atoms with Gasteiger partial charge in [0.1, 0.15) is 16.8 Å². The summed E-state index contributed by atoms with van der Waals surface area (Å²) in [5, 5.41) is 3.64. The zero-order chi connectivity index (χ0) is 13.4. The molecule has 0 aromatic carbocycles. The van der Waals surface area contributed by atoms with Gasteiger partial charge >= 0.3 is 0 Å². The molecule has 18 heavy (non-hydrogen) atoms. The molecule has 1 aromatic rings. The van der Waals surface area contributed by atoms with E-state index in [9.17, 15) is 0 Å². The van der Waals surface area contributed by atoms with Crippen molar-refractivity contribution in [2.75, 3.05) is 45.7 Å². The number of nitrogens with zero attached hydrogens (tertiary/aromatic N) is 3. The molecule has 0 aliphatic rings. The fourth-order valence-corrected chi connectivity index (χ4v) is 1.51. The standard InChI is InChI=1S/C12H21ClN4O/c1-4-11-15-10(13)9-12(16-11)14-5-7-18-8-6-17(2)3/h9H,4-8H2,1-3H3,(H,14,15,16). The topological polar surface area (TPSA) is 50.3 Å². The molecule has 0 fully saturated rings. The maximum Gasteiger partial charge on any atom is 0.134 e. The van der Waals surface area contributed by atoms with E-state index in [-0.39, 0.29) is 0 Å². The number of anilines is 1. The molecule has 1 N–H and O–H groups in total. The molecule has 0 unspecified atom stereocenters. The Morgan fingerprint density at radius 2 is 2.11 bits per heavy atom. The molecule has 0 aliphatic heterocycles. The van der Waals surface area contributed by atoms with Gasteiger partial charge < -0.3 is 15.0 Å². The Hall–Kier alpha value is -0.910. The van der Waals surface area contributed by atoms with Gasteiger partial charge in [-0.3, -0.25) is 0 Å². The van der Waals surface area contributed by atoms with Crippen LogP contribution in [-0.2, 0) is 11.2 Å². The summed E-state index contributed by atoms with van der Waals surface area (Å²) in [6, 6.07) is 1.72. The van der Waals surface area contributed by atoms with Crippen LogP contribution in [0, 0.1) is 0 Å². The molecule has 0 amide bonds. The molecule has 1 aromatic heterocycles. The van der Waals surface area contributed by atoms with E-state index in [4.69, 9.17) is 16.3 Å². The summed E-state index contributed by atoms with van der Waals surface area (Å²) in [4.78, 5) is 10.5. The van der Waals surface area contributed by atoms with Gasteiger partial charge in [-0.1, -0.05) is 18.5 Å². The van der Waals surface area contributed by atoms with Gasteiger partial charge in [0, 0.05) is 25.6 Å². The van der Waals surface area contributed by atoms with E-state index < -0.39 is 0 Å². The minimum Gasteiger partial charge on any atom is -0.378 e. The molecule has 1 heterocycles. The molecule has 0 radical (unpaired) electrons. The van der Waals surface area contributed by atoms with Crippen LogP contribution >= 0.6 is 11.6 Å². The summed E-state index contributed by atoms with van der Waals surface area (Å²) in [5.74, 6) is 1.50. The van der Waals surface area contributed by atoms with Crippen molar-refractivity contribution in [3.05, 3.63) is 17.0 Å². The lowest BCUT2D eigenvalue weighted by molar-refractivity contribution is 0.126. The number of hydrogen-bond donors (Lipinski definition) is 1. The Morgan fingerprint density at radius 3 is 2.78 bits per heavy atom. The van der Waals surface area contributed by atoms with Crippen molar-refractivity contribution in [2.45, 2.75) is 13.3 Å². The first-order valence-electron chi connectivity index (χ1n) is 6.11. The van der Waals surface area contributed by atoms with Crippen molar-refractivity contribution >= 4 is 17.4 Å². The van der Waals surface area contributed by atoms with Crippen LogP contribution in [0.4, 0.5) is 5.82 Å². The molecular weight excluding hydrogens is 252 g/mol. The number of nitrogens with one attached hydrogen (secondary N) is 1. The highest BCUT2D eigenvalue weighted by molar-refractivity contribution is 6.29. The minimum absolute atomic E-state index is 0.470. The van der Waals surface area contributed by atoms with Gasteiger partial charge in [0.25, 0.3) is 0 Å². The number of halogens is 1. The Labute approximate surface area is 114 Å². The third-order valence-electron chi connectivity index (χ3n) is 2.29. The first kappa shape index (κ1) is 15.1. The molecule has 0 saturated carbocycles. The number of likely N-dealkylation sites (N-methyl/N-ethyl adjacent to an activating group) is 1. The van der Waals surface area contributed by atoms with Crippen LogP contribution in [0.25, 0.3) is 0 Å². The second-order valence-corrected chi connectivity index (χ2v) is 4.58. The Bertz CT molecular complexity index is 360. The van der Waals surface area contributed by atoms with E-state index in [1.54, 1.807) is 6.07 Å². The maximum absolute atomic E-state index is 5.90. The van der Waals surface area contributed by atoms with Crippen LogP contribution < -0.4 is 5.32 Å². The first-order chi connectivity index (χ1) is 8.61. The van der Waals surface area contributed by atoms with E-state index >= 15 is 0 Å². The van der Waals surface area contributed by atoms with Gasteiger partial charge in [-0.15, -0.1) is 0 Å². The largest absolute Gasteiger partial charge is 0.378 e.